The molecule has 1 fully saturated rings. The number of nitrogens with one attached hydrogen (secondary N) is 2. The number of hydrogen-bond acceptors (Lipinski definition) is 4. The molecule has 1 aliphatic carbocycles. The molecule has 0 saturated heterocycles. The molecule has 126 valence electrons. The van der Waals surface area contributed by atoms with Crippen LogP contribution in [0.15, 0.2) is 24.4 Å². The maximum atomic E-state index is 11.9. The predicted octanol–water partition coefficient (Wildman–Crippen LogP) is 2.68. The maximum Gasteiger partial charge on any atom is 0.276 e. The molecule has 1 aliphatic rings. The molecule has 0 spiro atoms. The highest BCUT2D eigenvalue weighted by Gasteiger charge is 2.39. The first-order valence-electron chi connectivity index (χ1n) is 7.41. The summed E-state index contributed by atoms with van der Waals surface area (Å²) in [5.74, 6) is 0.270. The number of ether oxygens (including phenoxy) is 1. The molecule has 3 rings (SSSR count). The van der Waals surface area contributed by atoms with E-state index in [2.05, 4.69) is 38.4 Å². The summed E-state index contributed by atoms with van der Waals surface area (Å²) in [5.41, 5.74) is 5.37. The monoisotopic (exact) mass is 459 g/mol. The number of halogens is 2. The van der Waals surface area contributed by atoms with Crippen LogP contribution in [0.1, 0.15) is 13.3 Å². The van der Waals surface area contributed by atoms with Crippen molar-refractivity contribution in [2.24, 2.45) is 11.8 Å². The highest BCUT2D eigenvalue weighted by atomic mass is 127. The number of aromatic nitrogens is 1. The molecule has 1 aromatic heterocycles. The molecule has 8 heteroatoms. The number of hydrogen-bond donors (Lipinski definition) is 2. The number of carbonyl (C=O) groups excluding carboxylic acids is 2. The molecule has 0 unspecified atom stereocenters. The van der Waals surface area contributed by atoms with Crippen LogP contribution in [0.4, 0.5) is 0 Å². The first-order chi connectivity index (χ1) is 11.5. The lowest BCUT2D eigenvalue weighted by molar-refractivity contribution is -0.130. The van der Waals surface area contributed by atoms with Crippen molar-refractivity contribution in [3.8, 4) is 5.75 Å². The van der Waals surface area contributed by atoms with Gasteiger partial charge in [-0.3, -0.25) is 25.4 Å². The standard InChI is InChI=1S/C16H15ClIN3O3/c1-8-5-10(8)16(23)21-20-13(22)7-24-15-12(18)6-11(17)9-3-2-4-19-14(9)15/h2-4,6,8,10H,5,7H2,1H3,(H,20,22)(H,21,23)/t8-,10+/m1/s1. The second-order valence-electron chi connectivity index (χ2n) is 5.71. The molecular weight excluding hydrogens is 445 g/mol. The van der Waals surface area contributed by atoms with E-state index >= 15 is 0 Å². The lowest BCUT2D eigenvalue weighted by Gasteiger charge is -2.12. The smallest absolute Gasteiger partial charge is 0.276 e. The number of benzene rings is 1. The van der Waals surface area contributed by atoms with Gasteiger partial charge in [-0.25, -0.2) is 0 Å². The minimum absolute atomic E-state index is 0.00317. The number of nitrogens with zero attached hydrogens (tertiary/aromatic N) is 1. The summed E-state index contributed by atoms with van der Waals surface area (Å²) in [5, 5.41) is 1.33. The van der Waals surface area contributed by atoms with Crippen molar-refractivity contribution in [3.63, 3.8) is 0 Å². The van der Waals surface area contributed by atoms with Gasteiger partial charge in [-0.05, 0) is 53.1 Å². The Labute approximate surface area is 157 Å². The van der Waals surface area contributed by atoms with E-state index < -0.39 is 5.91 Å². The van der Waals surface area contributed by atoms with Gasteiger partial charge in [0, 0.05) is 17.5 Å². The van der Waals surface area contributed by atoms with Gasteiger partial charge in [0.1, 0.15) is 5.52 Å². The lowest BCUT2D eigenvalue weighted by Crippen LogP contribution is -2.44. The minimum Gasteiger partial charge on any atom is -0.480 e. The number of fused-ring (bicyclic) bond motifs is 1. The molecular formula is C16H15ClIN3O3. The van der Waals surface area contributed by atoms with E-state index in [-0.39, 0.29) is 18.4 Å². The molecule has 1 aromatic carbocycles. The predicted molar refractivity (Wildman–Crippen MR) is 98.5 cm³/mol. The molecule has 0 radical (unpaired) electrons. The second kappa shape index (κ2) is 7.10. The van der Waals surface area contributed by atoms with Gasteiger partial charge in [0.05, 0.1) is 8.59 Å². The first-order valence-corrected chi connectivity index (χ1v) is 8.87. The van der Waals surface area contributed by atoms with Gasteiger partial charge < -0.3 is 4.74 Å². The van der Waals surface area contributed by atoms with Gasteiger partial charge in [0.25, 0.3) is 5.91 Å². The van der Waals surface area contributed by atoms with E-state index in [0.29, 0.717) is 22.2 Å². The van der Waals surface area contributed by atoms with Crippen molar-refractivity contribution in [2.45, 2.75) is 13.3 Å². The van der Waals surface area contributed by atoms with Gasteiger partial charge in [-0.15, -0.1) is 0 Å². The fraction of sp³-hybridized carbons (Fsp3) is 0.312. The van der Waals surface area contributed by atoms with Gasteiger partial charge >= 0.3 is 0 Å². The Kier molecular flexibility index (Phi) is 5.09. The molecule has 2 atom stereocenters. The van der Waals surface area contributed by atoms with Crippen molar-refractivity contribution in [1.29, 1.82) is 0 Å². The van der Waals surface area contributed by atoms with Crippen molar-refractivity contribution in [3.05, 3.63) is 33.0 Å². The Hall–Kier alpha value is -1.61. The van der Waals surface area contributed by atoms with Crippen molar-refractivity contribution < 1.29 is 14.3 Å². The average Bonchev–Trinajstić information content (AvgIpc) is 3.29. The van der Waals surface area contributed by atoms with E-state index in [9.17, 15) is 9.59 Å². The molecule has 2 amide bonds. The van der Waals surface area contributed by atoms with Crippen LogP contribution in [0, 0.1) is 15.4 Å². The Morgan fingerprint density at radius 1 is 1.46 bits per heavy atom. The summed E-state index contributed by atoms with van der Waals surface area (Å²) in [6, 6.07) is 5.38. The van der Waals surface area contributed by atoms with Crippen LogP contribution >= 0.6 is 34.2 Å². The van der Waals surface area contributed by atoms with Crippen molar-refractivity contribution >= 4 is 56.9 Å². The Balaban J connectivity index is 1.63. The number of rotatable bonds is 4. The maximum absolute atomic E-state index is 11.9. The van der Waals surface area contributed by atoms with E-state index in [1.165, 1.54) is 0 Å². The minimum atomic E-state index is -0.438. The molecule has 24 heavy (non-hydrogen) atoms. The van der Waals surface area contributed by atoms with Crippen molar-refractivity contribution in [2.75, 3.05) is 6.61 Å². The van der Waals surface area contributed by atoms with Crippen LogP contribution in [0.25, 0.3) is 10.9 Å². The zero-order valence-corrected chi connectivity index (χ0v) is 15.7. The topological polar surface area (TPSA) is 80.3 Å². The third-order valence-electron chi connectivity index (χ3n) is 3.87. The quantitative estimate of drug-likeness (QED) is 0.544. The summed E-state index contributed by atoms with van der Waals surface area (Å²) < 4.78 is 6.36. The molecule has 2 N–H and O–H groups in total. The summed E-state index contributed by atoms with van der Waals surface area (Å²) in [7, 11) is 0. The molecule has 2 aromatic rings. The van der Waals surface area contributed by atoms with Gasteiger partial charge in [-0.2, -0.15) is 0 Å². The Morgan fingerprint density at radius 2 is 2.21 bits per heavy atom. The summed E-state index contributed by atoms with van der Waals surface area (Å²) in [6.45, 7) is 1.76. The van der Waals surface area contributed by atoms with Crippen LogP contribution in [0.5, 0.6) is 5.75 Å². The van der Waals surface area contributed by atoms with E-state index in [0.717, 1.165) is 15.4 Å². The molecule has 6 nitrogen and oxygen atoms in total. The number of carbonyl (C=O) groups is 2. The zero-order valence-electron chi connectivity index (χ0n) is 12.8. The van der Waals surface area contributed by atoms with Gasteiger partial charge in [0.2, 0.25) is 5.91 Å². The summed E-state index contributed by atoms with van der Waals surface area (Å²) in [4.78, 5) is 27.8. The Morgan fingerprint density at radius 3 is 2.92 bits per heavy atom. The molecule has 0 bridgehead atoms. The number of hydrazine groups is 1. The summed E-state index contributed by atoms with van der Waals surface area (Å²) in [6.07, 6.45) is 2.50. The lowest BCUT2D eigenvalue weighted by atomic mass is 10.2. The third kappa shape index (κ3) is 3.72. The molecule has 1 saturated carbocycles. The Bertz CT molecular complexity index is 814. The van der Waals surface area contributed by atoms with Crippen molar-refractivity contribution in [1.82, 2.24) is 15.8 Å². The SMILES string of the molecule is C[C@@H]1C[C@@H]1C(=O)NNC(=O)COc1c(I)cc(Cl)c2cccnc12. The largest absolute Gasteiger partial charge is 0.480 e. The van der Waals surface area contributed by atoms with Crippen LogP contribution in [0.3, 0.4) is 0 Å². The van der Waals surface area contributed by atoms with E-state index in [1.807, 2.05) is 13.0 Å². The van der Waals surface area contributed by atoms with Crippen LogP contribution in [-0.4, -0.2) is 23.4 Å². The highest BCUT2D eigenvalue weighted by molar-refractivity contribution is 14.1. The van der Waals surface area contributed by atoms with Gasteiger partial charge in [0.15, 0.2) is 12.4 Å². The van der Waals surface area contributed by atoms with E-state index in [1.54, 1.807) is 18.3 Å². The normalized spacial score (nSPS) is 19.0. The number of pyridine rings is 1. The fourth-order valence-corrected chi connectivity index (χ4v) is 3.54. The van der Waals surface area contributed by atoms with Gasteiger partial charge in [-0.1, -0.05) is 18.5 Å². The molecule has 1 heterocycles. The fourth-order valence-electron chi connectivity index (χ4n) is 2.37. The first kappa shape index (κ1) is 17.2. The van der Waals surface area contributed by atoms with E-state index in [4.69, 9.17) is 16.3 Å². The van der Waals surface area contributed by atoms with Crippen LogP contribution in [-0.2, 0) is 9.59 Å². The number of amides is 2. The average molecular weight is 460 g/mol. The second-order valence-corrected chi connectivity index (χ2v) is 7.28. The highest BCUT2D eigenvalue weighted by Crippen LogP contribution is 2.37. The van der Waals surface area contributed by atoms with Crippen LogP contribution in [0.2, 0.25) is 5.02 Å². The molecule has 0 aliphatic heterocycles. The van der Waals surface area contributed by atoms with Crippen LogP contribution < -0.4 is 15.6 Å². The summed E-state index contributed by atoms with van der Waals surface area (Å²) >= 11 is 8.28. The third-order valence-corrected chi connectivity index (χ3v) is 4.98. The zero-order chi connectivity index (χ0) is 17.3.